The molecule has 4 aliphatic rings. The zero-order valence-electron chi connectivity index (χ0n) is 37.9. The molecule has 2 aliphatic carbocycles. The Kier molecular flexibility index (Phi) is 13.6. The van der Waals surface area contributed by atoms with Crippen molar-refractivity contribution in [2.24, 2.45) is 4.99 Å². The number of ether oxygens (including phenoxy) is 3. The first-order valence-electron chi connectivity index (χ1n) is 22.6. The molecule has 0 bridgehead atoms. The lowest BCUT2D eigenvalue weighted by atomic mass is 10.0. The number of hydrogen-bond donors (Lipinski definition) is 1. The molecular formula is C48H47N9O11S. The maximum atomic E-state index is 13.6. The molecule has 0 radical (unpaired) electrons. The maximum Gasteiger partial charge on any atom is 0.270 e. The molecule has 21 heteroatoms. The van der Waals surface area contributed by atoms with Gasteiger partial charge in [0.1, 0.15) is 11.5 Å². The van der Waals surface area contributed by atoms with Crippen LogP contribution >= 0.6 is 11.8 Å². The maximum absolute atomic E-state index is 13.6. The molecule has 10 rings (SSSR count). The van der Waals surface area contributed by atoms with E-state index >= 15 is 0 Å². The van der Waals surface area contributed by atoms with Crippen LogP contribution in [0, 0.1) is 20.2 Å². The molecule has 0 saturated carbocycles. The predicted molar refractivity (Wildman–Crippen MR) is 259 cm³/mol. The molecule has 0 atom stereocenters. The molecule has 6 aromatic rings. The van der Waals surface area contributed by atoms with Gasteiger partial charge in [0.15, 0.2) is 16.7 Å². The summed E-state index contributed by atoms with van der Waals surface area (Å²) in [6, 6.07) is 11.3. The average molecular weight is 958 g/mol. The number of unbranched alkanes of at least 4 members (excludes halogenated alkanes) is 3. The van der Waals surface area contributed by atoms with Crippen molar-refractivity contribution < 1.29 is 33.6 Å². The number of methoxy groups -OCH3 is 2. The lowest BCUT2D eigenvalue weighted by molar-refractivity contribution is -0.384. The Bertz CT molecular complexity index is 3240. The number of pyridine rings is 4. The highest BCUT2D eigenvalue weighted by Crippen LogP contribution is 2.41. The highest BCUT2D eigenvalue weighted by atomic mass is 32.2. The molecule has 20 nitrogen and oxygen atoms in total. The summed E-state index contributed by atoms with van der Waals surface area (Å²) in [5.74, 6) is 1.29. The number of aromatic nitrogens is 4. The number of nitrogens with one attached hydrogen (secondary N) is 1. The Morgan fingerprint density at radius 1 is 0.681 bits per heavy atom. The quantitative estimate of drug-likeness (QED) is 0.0701. The van der Waals surface area contributed by atoms with E-state index in [9.17, 15) is 39.4 Å². The summed E-state index contributed by atoms with van der Waals surface area (Å²) in [6.07, 6.45) is 7.39. The van der Waals surface area contributed by atoms with Gasteiger partial charge in [0.25, 0.3) is 22.5 Å². The van der Waals surface area contributed by atoms with Crippen LogP contribution in [0.5, 0.6) is 11.5 Å². The molecule has 0 amide bonds. The van der Waals surface area contributed by atoms with Crippen LogP contribution in [-0.2, 0) is 17.8 Å². The van der Waals surface area contributed by atoms with E-state index in [1.54, 1.807) is 28.5 Å². The number of thioether (sulfide) groups is 1. The molecule has 356 valence electrons. The van der Waals surface area contributed by atoms with Crippen molar-refractivity contribution in [2.45, 2.75) is 45.2 Å². The van der Waals surface area contributed by atoms with Crippen molar-refractivity contribution in [3.8, 4) is 34.3 Å². The SMILES string of the molecule is COc1cnc2c(c1)C(=O)c1c-2n(CCCCCCN2CCOCC2)c(=O)c2cc([N+](=O)[O-])ccc12.COc1cnc2c(c1)C(=O)c1c-2n(CCCNC2=NCCS2)c(=O)c2cc([N+](=O)[O-])ccc12. The first-order chi connectivity index (χ1) is 33.5. The number of carbonyl (C=O) groups excluding carboxylic acids is 2. The van der Waals surface area contributed by atoms with E-state index in [2.05, 4.69) is 25.2 Å². The van der Waals surface area contributed by atoms with E-state index in [0.717, 1.165) is 76.0 Å². The lowest BCUT2D eigenvalue weighted by Crippen LogP contribution is -2.36. The fourth-order valence-corrected chi connectivity index (χ4v) is 10.0. The summed E-state index contributed by atoms with van der Waals surface area (Å²) in [5.41, 5.74) is 2.07. The van der Waals surface area contributed by atoms with Gasteiger partial charge in [-0.15, -0.1) is 0 Å². The highest BCUT2D eigenvalue weighted by Gasteiger charge is 2.36. The van der Waals surface area contributed by atoms with Crippen LogP contribution in [0.25, 0.3) is 44.3 Å². The number of benzene rings is 2. The normalized spacial score (nSPS) is 14.7. The van der Waals surface area contributed by atoms with Gasteiger partial charge in [-0.3, -0.25) is 59.3 Å². The third-order valence-electron chi connectivity index (χ3n) is 12.6. The van der Waals surface area contributed by atoms with Crippen LogP contribution in [0.1, 0.15) is 63.9 Å². The summed E-state index contributed by atoms with van der Waals surface area (Å²) in [5, 5.41) is 27.9. The number of nitro benzene ring substituents is 2. The van der Waals surface area contributed by atoms with Crippen molar-refractivity contribution in [3.05, 3.63) is 124 Å². The first-order valence-corrected chi connectivity index (χ1v) is 23.6. The van der Waals surface area contributed by atoms with Gasteiger partial charge in [0.05, 0.1) is 112 Å². The Hall–Kier alpha value is -7.36. The van der Waals surface area contributed by atoms with Gasteiger partial charge in [-0.05, 0) is 50.1 Å². The van der Waals surface area contributed by atoms with Crippen molar-refractivity contribution in [1.29, 1.82) is 0 Å². The minimum Gasteiger partial charge on any atom is -0.495 e. The first kappa shape index (κ1) is 46.7. The van der Waals surface area contributed by atoms with Gasteiger partial charge in [-0.25, -0.2) is 0 Å². The van der Waals surface area contributed by atoms with Crippen LogP contribution in [0.2, 0.25) is 0 Å². The van der Waals surface area contributed by atoms with E-state index in [1.165, 1.54) is 67.6 Å². The lowest BCUT2D eigenvalue weighted by Gasteiger charge is -2.26. The van der Waals surface area contributed by atoms with E-state index in [4.69, 9.17) is 14.2 Å². The minimum absolute atomic E-state index is 0.139. The van der Waals surface area contributed by atoms with Crippen LogP contribution in [0.4, 0.5) is 11.4 Å². The third kappa shape index (κ3) is 9.07. The molecule has 1 fully saturated rings. The van der Waals surface area contributed by atoms with Gasteiger partial charge in [0.2, 0.25) is 0 Å². The average Bonchev–Trinajstić information content (AvgIpc) is 4.08. The number of non-ortho nitro benzene ring substituents is 2. The predicted octanol–water partition coefficient (Wildman–Crippen LogP) is 6.02. The number of nitrogens with zero attached hydrogens (tertiary/aromatic N) is 8. The molecule has 2 aliphatic heterocycles. The summed E-state index contributed by atoms with van der Waals surface area (Å²) in [4.78, 5) is 91.1. The topological polar surface area (TPSA) is 246 Å². The molecule has 4 aromatic heterocycles. The number of nitro groups is 2. The monoisotopic (exact) mass is 957 g/mol. The number of aliphatic imine (C=N–C) groups is 1. The van der Waals surface area contributed by atoms with E-state index < -0.39 is 15.4 Å². The fourth-order valence-electron chi connectivity index (χ4n) is 9.24. The number of hydrogen-bond acceptors (Lipinski definition) is 17. The Balaban J connectivity index is 0.000000172. The number of ketones is 2. The number of amidine groups is 1. The fraction of sp³-hybridized carbons (Fsp3) is 0.354. The Labute approximate surface area is 397 Å². The second-order valence-corrected chi connectivity index (χ2v) is 17.8. The standard InChI is InChI=1S/C26H28N4O6.C22H19N5O5S/c1-35-18-15-21-23(27-16-18)24-22(25(21)31)19-7-6-17(30(33)34)14-20(19)26(32)29(24)9-5-3-2-4-8-28-10-12-36-13-11-28;1-32-13-10-16-18(25-11-13)19-17(20(16)28)14-4-3-12(27(30)31)9-15(14)21(29)26(19)7-2-5-23-22-24-6-8-33-22/h6-7,14-16H,2-5,8-13H2,1H3;3-4,9-11H,2,5-8H2,1H3,(H,23,24). The van der Waals surface area contributed by atoms with Crippen molar-refractivity contribution in [1.82, 2.24) is 29.3 Å². The highest BCUT2D eigenvalue weighted by molar-refractivity contribution is 8.14. The van der Waals surface area contributed by atoms with Crippen LogP contribution in [-0.4, -0.2) is 116 Å². The van der Waals surface area contributed by atoms with Crippen LogP contribution in [0.3, 0.4) is 0 Å². The van der Waals surface area contributed by atoms with E-state index in [0.29, 0.717) is 93.4 Å². The second-order valence-electron chi connectivity index (χ2n) is 16.7. The summed E-state index contributed by atoms with van der Waals surface area (Å²) >= 11 is 1.65. The molecular weight excluding hydrogens is 911 g/mol. The van der Waals surface area contributed by atoms with Crippen molar-refractivity contribution in [3.63, 3.8) is 0 Å². The number of morpholine rings is 1. The largest absolute Gasteiger partial charge is 0.495 e. The number of fused-ring (bicyclic) bond motifs is 10. The number of rotatable bonds is 15. The van der Waals surface area contributed by atoms with Gasteiger partial charge >= 0.3 is 0 Å². The Morgan fingerprint density at radius 2 is 1.19 bits per heavy atom. The molecule has 0 unspecified atom stereocenters. The van der Waals surface area contributed by atoms with Gasteiger partial charge in [0, 0.05) is 73.5 Å². The summed E-state index contributed by atoms with van der Waals surface area (Å²) in [6.45, 7) is 6.64. The van der Waals surface area contributed by atoms with Gasteiger partial charge < -0.3 is 28.7 Å². The summed E-state index contributed by atoms with van der Waals surface area (Å²) < 4.78 is 18.9. The number of carbonyl (C=O) groups is 2. The zero-order chi connectivity index (χ0) is 48.3. The smallest absolute Gasteiger partial charge is 0.270 e. The van der Waals surface area contributed by atoms with Crippen LogP contribution in [0.15, 0.2) is 75.5 Å². The van der Waals surface area contributed by atoms with Gasteiger partial charge in [-0.1, -0.05) is 24.6 Å². The summed E-state index contributed by atoms with van der Waals surface area (Å²) in [7, 11) is 2.99. The van der Waals surface area contributed by atoms with Crippen LogP contribution < -0.4 is 25.9 Å². The minimum atomic E-state index is -0.552. The van der Waals surface area contributed by atoms with Crippen molar-refractivity contribution >= 4 is 61.4 Å². The Morgan fingerprint density at radius 3 is 1.67 bits per heavy atom. The molecule has 2 aromatic carbocycles. The molecule has 0 spiro atoms. The third-order valence-corrected chi connectivity index (χ3v) is 13.6. The van der Waals surface area contributed by atoms with E-state index in [1.807, 2.05) is 0 Å². The zero-order valence-corrected chi connectivity index (χ0v) is 38.7. The van der Waals surface area contributed by atoms with Gasteiger partial charge in [-0.2, -0.15) is 0 Å². The molecule has 69 heavy (non-hydrogen) atoms. The molecule has 1 saturated heterocycles. The molecule has 1 N–H and O–H groups in total. The second kappa shape index (κ2) is 20.1. The van der Waals surface area contributed by atoms with E-state index in [-0.39, 0.29) is 39.3 Å². The molecule has 6 heterocycles. The van der Waals surface area contributed by atoms with Crippen molar-refractivity contribution in [2.75, 3.05) is 65.9 Å².